The van der Waals surface area contributed by atoms with Gasteiger partial charge in [0.15, 0.2) is 9.84 Å². The lowest BCUT2D eigenvalue weighted by molar-refractivity contribution is 0.0943. The normalized spacial score (nSPS) is 25.6. The van der Waals surface area contributed by atoms with Gasteiger partial charge >= 0.3 is 0 Å². The maximum Gasteiger partial charge on any atom is 0.152 e. The van der Waals surface area contributed by atoms with E-state index < -0.39 is 21.2 Å². The van der Waals surface area contributed by atoms with Gasteiger partial charge < -0.3 is 9.84 Å². The molecule has 1 aliphatic heterocycles. The molecule has 1 heterocycles. The Morgan fingerprint density at radius 3 is 2.69 bits per heavy atom. The Kier molecular flexibility index (Phi) is 5.21. The number of sulfone groups is 1. The van der Waals surface area contributed by atoms with Gasteiger partial charge in [-0.1, -0.05) is 0 Å². The van der Waals surface area contributed by atoms with Crippen LogP contribution in [-0.2, 0) is 14.6 Å². The van der Waals surface area contributed by atoms with Crippen molar-refractivity contribution in [1.82, 2.24) is 0 Å². The van der Waals surface area contributed by atoms with Gasteiger partial charge in [0, 0.05) is 12.9 Å². The van der Waals surface area contributed by atoms with Crippen LogP contribution in [0.5, 0.6) is 0 Å². The van der Waals surface area contributed by atoms with E-state index in [0.717, 1.165) is 32.3 Å². The summed E-state index contributed by atoms with van der Waals surface area (Å²) in [5.74, 6) is 0. The van der Waals surface area contributed by atoms with Crippen molar-refractivity contribution >= 4 is 9.84 Å². The van der Waals surface area contributed by atoms with Gasteiger partial charge in [0.2, 0.25) is 0 Å². The smallest absolute Gasteiger partial charge is 0.152 e. The molecular formula is C11H22O4S. The number of ether oxygens (including phenoxy) is 1. The fourth-order valence-corrected chi connectivity index (χ4v) is 2.65. The minimum absolute atomic E-state index is 0.320. The molecule has 3 atom stereocenters. The zero-order valence-electron chi connectivity index (χ0n) is 10.1. The van der Waals surface area contributed by atoms with Gasteiger partial charge in [0.05, 0.1) is 17.5 Å². The van der Waals surface area contributed by atoms with E-state index >= 15 is 0 Å². The molecule has 0 aromatic rings. The fourth-order valence-electron chi connectivity index (χ4n) is 1.95. The van der Waals surface area contributed by atoms with Crippen LogP contribution >= 0.6 is 0 Å². The SMILES string of the molecule is CC(C(O)CCCC1CCCO1)S(C)(=O)=O. The molecule has 0 spiro atoms. The standard InChI is InChI=1S/C11H22O4S/c1-9(16(2,13)14)11(12)7-3-5-10-6-4-8-15-10/h9-12H,3-8H2,1-2H3. The highest BCUT2D eigenvalue weighted by molar-refractivity contribution is 7.91. The Balaban J connectivity index is 2.21. The predicted molar refractivity (Wildman–Crippen MR) is 63.1 cm³/mol. The largest absolute Gasteiger partial charge is 0.392 e. The Morgan fingerprint density at radius 2 is 2.19 bits per heavy atom. The van der Waals surface area contributed by atoms with Gasteiger partial charge in [0.25, 0.3) is 0 Å². The summed E-state index contributed by atoms with van der Waals surface area (Å²) in [5, 5.41) is 9.04. The Bertz CT molecular complexity index is 293. The summed E-state index contributed by atoms with van der Waals surface area (Å²) in [4.78, 5) is 0. The number of aliphatic hydroxyl groups excluding tert-OH is 1. The first kappa shape index (κ1) is 13.9. The highest BCUT2D eigenvalue weighted by Crippen LogP contribution is 2.19. The number of rotatable bonds is 6. The van der Waals surface area contributed by atoms with Gasteiger partial charge in [-0.05, 0) is 39.0 Å². The fraction of sp³-hybridized carbons (Fsp3) is 1.00. The lowest BCUT2D eigenvalue weighted by Crippen LogP contribution is -2.30. The maximum atomic E-state index is 11.2. The Labute approximate surface area is 97.9 Å². The van der Waals surface area contributed by atoms with E-state index in [2.05, 4.69) is 0 Å². The average molecular weight is 250 g/mol. The van der Waals surface area contributed by atoms with E-state index in [9.17, 15) is 13.5 Å². The summed E-state index contributed by atoms with van der Waals surface area (Å²) in [5.41, 5.74) is 0. The van der Waals surface area contributed by atoms with Crippen LogP contribution in [0.3, 0.4) is 0 Å². The van der Waals surface area contributed by atoms with Gasteiger partial charge in [-0.15, -0.1) is 0 Å². The highest BCUT2D eigenvalue weighted by Gasteiger charge is 2.24. The lowest BCUT2D eigenvalue weighted by Gasteiger charge is -2.17. The molecule has 0 saturated carbocycles. The topological polar surface area (TPSA) is 63.6 Å². The van der Waals surface area contributed by atoms with Crippen LogP contribution in [0.4, 0.5) is 0 Å². The van der Waals surface area contributed by atoms with Crippen molar-refractivity contribution in [2.24, 2.45) is 0 Å². The van der Waals surface area contributed by atoms with Crippen molar-refractivity contribution in [1.29, 1.82) is 0 Å². The molecule has 3 unspecified atom stereocenters. The van der Waals surface area contributed by atoms with Crippen LogP contribution in [0.2, 0.25) is 0 Å². The van der Waals surface area contributed by atoms with Crippen molar-refractivity contribution in [2.45, 2.75) is 56.5 Å². The second-order valence-corrected chi connectivity index (χ2v) is 7.07. The second-order valence-electron chi connectivity index (χ2n) is 4.67. The third kappa shape index (κ3) is 4.39. The molecular weight excluding hydrogens is 228 g/mol. The van der Waals surface area contributed by atoms with Crippen LogP contribution < -0.4 is 0 Å². The molecule has 0 amide bonds. The second kappa shape index (κ2) is 5.98. The van der Waals surface area contributed by atoms with Crippen LogP contribution in [0.25, 0.3) is 0 Å². The first-order valence-corrected chi connectivity index (χ1v) is 7.85. The molecule has 16 heavy (non-hydrogen) atoms. The minimum atomic E-state index is -3.13. The van der Waals surface area contributed by atoms with Crippen molar-refractivity contribution in [3.63, 3.8) is 0 Å². The maximum absolute atomic E-state index is 11.2. The third-order valence-corrected chi connectivity index (χ3v) is 4.93. The summed E-state index contributed by atoms with van der Waals surface area (Å²) in [6.07, 6.45) is 5.23. The number of hydrogen-bond acceptors (Lipinski definition) is 4. The third-order valence-electron chi connectivity index (χ3n) is 3.27. The molecule has 4 nitrogen and oxygen atoms in total. The molecule has 0 bridgehead atoms. The zero-order valence-corrected chi connectivity index (χ0v) is 10.9. The van der Waals surface area contributed by atoms with E-state index in [0.29, 0.717) is 12.5 Å². The van der Waals surface area contributed by atoms with E-state index in [-0.39, 0.29) is 0 Å². The van der Waals surface area contributed by atoms with Crippen molar-refractivity contribution in [3.05, 3.63) is 0 Å². The van der Waals surface area contributed by atoms with Gasteiger partial charge in [0.1, 0.15) is 0 Å². The lowest BCUT2D eigenvalue weighted by atomic mass is 10.1. The summed E-state index contributed by atoms with van der Waals surface area (Å²) >= 11 is 0. The predicted octanol–water partition coefficient (Wildman–Crippen LogP) is 1.13. The van der Waals surface area contributed by atoms with Gasteiger partial charge in [-0.3, -0.25) is 0 Å². The van der Waals surface area contributed by atoms with Crippen LogP contribution in [0, 0.1) is 0 Å². The average Bonchev–Trinajstić information content (AvgIpc) is 2.67. The van der Waals surface area contributed by atoms with Crippen molar-refractivity contribution < 1.29 is 18.3 Å². The molecule has 5 heteroatoms. The van der Waals surface area contributed by atoms with Crippen molar-refractivity contribution in [2.75, 3.05) is 12.9 Å². The molecule has 0 aromatic carbocycles. The molecule has 1 fully saturated rings. The van der Waals surface area contributed by atoms with Crippen LogP contribution in [0.1, 0.15) is 39.0 Å². The highest BCUT2D eigenvalue weighted by atomic mass is 32.2. The molecule has 96 valence electrons. The van der Waals surface area contributed by atoms with Crippen LogP contribution in [-0.4, -0.2) is 43.8 Å². The van der Waals surface area contributed by atoms with Crippen molar-refractivity contribution in [3.8, 4) is 0 Å². The molecule has 0 radical (unpaired) electrons. The Morgan fingerprint density at radius 1 is 1.50 bits per heavy atom. The van der Waals surface area contributed by atoms with Gasteiger partial charge in [-0.25, -0.2) is 8.42 Å². The van der Waals surface area contributed by atoms with E-state index in [1.165, 1.54) is 6.26 Å². The minimum Gasteiger partial charge on any atom is -0.392 e. The first-order chi connectivity index (χ1) is 7.41. The molecule has 0 aromatic heterocycles. The molecule has 1 rings (SSSR count). The molecule has 0 aliphatic carbocycles. The van der Waals surface area contributed by atoms with E-state index in [1.54, 1.807) is 6.92 Å². The molecule has 1 saturated heterocycles. The number of hydrogen-bond donors (Lipinski definition) is 1. The summed E-state index contributed by atoms with van der Waals surface area (Å²) < 4.78 is 27.9. The van der Waals surface area contributed by atoms with E-state index in [4.69, 9.17) is 4.74 Å². The monoisotopic (exact) mass is 250 g/mol. The summed E-state index contributed by atoms with van der Waals surface area (Å²) in [7, 11) is -3.13. The quantitative estimate of drug-likeness (QED) is 0.767. The number of aliphatic hydroxyl groups is 1. The molecule has 1 aliphatic rings. The Hall–Kier alpha value is -0.130. The zero-order chi connectivity index (χ0) is 12.2. The van der Waals surface area contributed by atoms with E-state index in [1.807, 2.05) is 0 Å². The van der Waals surface area contributed by atoms with Crippen LogP contribution in [0.15, 0.2) is 0 Å². The summed E-state index contributed by atoms with van der Waals surface area (Å²) in [6, 6.07) is 0. The van der Waals surface area contributed by atoms with Gasteiger partial charge in [-0.2, -0.15) is 0 Å². The molecule has 1 N–H and O–H groups in total. The first-order valence-electron chi connectivity index (χ1n) is 5.90. The summed E-state index contributed by atoms with van der Waals surface area (Å²) in [6.45, 7) is 2.40.